The van der Waals surface area contributed by atoms with Gasteiger partial charge in [-0.2, -0.15) is 0 Å². The first-order chi connectivity index (χ1) is 8.66. The summed E-state index contributed by atoms with van der Waals surface area (Å²) in [4.78, 5) is 0. The van der Waals surface area contributed by atoms with Crippen molar-refractivity contribution in [1.29, 1.82) is 0 Å². The van der Waals surface area contributed by atoms with E-state index in [4.69, 9.17) is 5.11 Å². The summed E-state index contributed by atoms with van der Waals surface area (Å²) in [7, 11) is 0. The largest absolute Gasteiger partial charge is 0.396 e. The molecular weight excluding hydrogens is 220 g/mol. The molecule has 0 saturated heterocycles. The van der Waals surface area contributed by atoms with Crippen molar-refractivity contribution in [2.24, 2.45) is 5.92 Å². The van der Waals surface area contributed by atoms with Gasteiger partial charge in [0.25, 0.3) is 0 Å². The third kappa shape index (κ3) is 13.3. The lowest BCUT2D eigenvalue weighted by atomic mass is 9.99. The highest BCUT2D eigenvalue weighted by molar-refractivity contribution is 4.99. The van der Waals surface area contributed by atoms with Crippen LogP contribution in [0.15, 0.2) is 11.6 Å². The second-order valence-electron chi connectivity index (χ2n) is 5.39. The lowest BCUT2D eigenvalue weighted by Gasteiger charge is -2.06. The third-order valence-corrected chi connectivity index (χ3v) is 3.06. The summed E-state index contributed by atoms with van der Waals surface area (Å²) < 4.78 is 0. The molecule has 18 heavy (non-hydrogen) atoms. The Morgan fingerprint density at radius 1 is 1.06 bits per heavy atom. The molecule has 0 amide bonds. The maximum absolute atomic E-state index is 8.63. The Balaban J connectivity index is 3.41. The number of aliphatic hydroxyl groups excluding tert-OH is 1. The maximum atomic E-state index is 8.63. The smallest absolute Gasteiger partial charge is 0.0431 e. The second-order valence-corrected chi connectivity index (χ2v) is 5.39. The Hall–Kier alpha value is -0.740. The van der Waals surface area contributed by atoms with Gasteiger partial charge in [0.05, 0.1) is 0 Å². The third-order valence-electron chi connectivity index (χ3n) is 3.06. The molecule has 0 aromatic heterocycles. The standard InChI is InChI=1S/C17H30O/c1-16(2)12-11-14-17(3)13-9-7-5-4-6-8-10-15-18/h12,17-18H,4,6,8-11,13-15H2,1-3H3. The van der Waals surface area contributed by atoms with Crippen molar-refractivity contribution >= 4 is 0 Å². The molecule has 1 unspecified atom stereocenters. The Kier molecular flexibility index (Phi) is 12.2. The summed E-state index contributed by atoms with van der Waals surface area (Å²) >= 11 is 0. The Morgan fingerprint density at radius 3 is 2.44 bits per heavy atom. The summed E-state index contributed by atoms with van der Waals surface area (Å²) in [6.45, 7) is 6.96. The van der Waals surface area contributed by atoms with E-state index in [2.05, 4.69) is 38.7 Å². The zero-order valence-electron chi connectivity index (χ0n) is 12.5. The first-order valence-corrected chi connectivity index (χ1v) is 7.36. The van der Waals surface area contributed by atoms with E-state index in [1.165, 1.54) is 24.8 Å². The summed E-state index contributed by atoms with van der Waals surface area (Å²) in [6, 6.07) is 0. The van der Waals surface area contributed by atoms with Crippen LogP contribution in [0.5, 0.6) is 0 Å². The topological polar surface area (TPSA) is 20.2 Å². The number of unbranched alkanes of at least 4 members (excludes halogenated alkanes) is 3. The fourth-order valence-electron chi connectivity index (χ4n) is 1.80. The molecule has 104 valence electrons. The Labute approximate surface area is 114 Å². The molecule has 0 heterocycles. The average molecular weight is 250 g/mol. The molecule has 1 heteroatoms. The van der Waals surface area contributed by atoms with E-state index in [0.717, 1.165) is 38.0 Å². The van der Waals surface area contributed by atoms with Crippen LogP contribution in [0.1, 0.15) is 72.1 Å². The second kappa shape index (κ2) is 12.7. The minimum Gasteiger partial charge on any atom is -0.396 e. The fraction of sp³-hybridized carbons (Fsp3) is 0.765. The zero-order valence-corrected chi connectivity index (χ0v) is 12.5. The summed E-state index contributed by atoms with van der Waals surface area (Å²) in [6.07, 6.45) is 11.2. The van der Waals surface area contributed by atoms with Crippen molar-refractivity contribution in [3.63, 3.8) is 0 Å². The minimum atomic E-state index is 0.316. The Morgan fingerprint density at radius 2 is 1.78 bits per heavy atom. The van der Waals surface area contributed by atoms with Crippen molar-refractivity contribution in [3.8, 4) is 11.8 Å². The Bertz CT molecular complexity index is 263. The van der Waals surface area contributed by atoms with Crippen LogP contribution in [0.2, 0.25) is 0 Å². The number of aliphatic hydroxyl groups is 1. The highest BCUT2D eigenvalue weighted by atomic mass is 16.2. The molecule has 0 aromatic rings. The quantitative estimate of drug-likeness (QED) is 0.357. The molecule has 0 radical (unpaired) electrons. The molecule has 0 fully saturated rings. The molecule has 0 aliphatic rings. The van der Waals surface area contributed by atoms with Crippen LogP contribution in [-0.4, -0.2) is 11.7 Å². The van der Waals surface area contributed by atoms with Crippen molar-refractivity contribution in [1.82, 2.24) is 0 Å². The van der Waals surface area contributed by atoms with Gasteiger partial charge in [-0.3, -0.25) is 0 Å². The first-order valence-electron chi connectivity index (χ1n) is 7.36. The number of hydrogen-bond acceptors (Lipinski definition) is 1. The van der Waals surface area contributed by atoms with Gasteiger partial charge in [-0.05, 0) is 51.9 Å². The highest BCUT2D eigenvalue weighted by Crippen LogP contribution is 2.13. The molecule has 0 aliphatic heterocycles. The summed E-state index contributed by atoms with van der Waals surface area (Å²) in [5.41, 5.74) is 1.42. The van der Waals surface area contributed by atoms with E-state index >= 15 is 0 Å². The van der Waals surface area contributed by atoms with Gasteiger partial charge in [0, 0.05) is 19.4 Å². The SMILES string of the molecule is CC(C)=CCCC(C)CCC#CCCCCCO. The molecule has 0 aromatic carbocycles. The molecule has 0 bridgehead atoms. The van der Waals surface area contributed by atoms with Crippen LogP contribution >= 0.6 is 0 Å². The maximum Gasteiger partial charge on any atom is 0.0431 e. The monoisotopic (exact) mass is 250 g/mol. The van der Waals surface area contributed by atoms with E-state index in [-0.39, 0.29) is 0 Å². The van der Waals surface area contributed by atoms with Crippen LogP contribution in [0.25, 0.3) is 0 Å². The normalized spacial score (nSPS) is 11.6. The van der Waals surface area contributed by atoms with Gasteiger partial charge in [-0.25, -0.2) is 0 Å². The first kappa shape index (κ1) is 17.3. The van der Waals surface area contributed by atoms with Crippen molar-refractivity contribution in [3.05, 3.63) is 11.6 Å². The van der Waals surface area contributed by atoms with Gasteiger partial charge in [0.15, 0.2) is 0 Å². The van der Waals surface area contributed by atoms with Gasteiger partial charge >= 0.3 is 0 Å². The fourth-order valence-corrected chi connectivity index (χ4v) is 1.80. The van der Waals surface area contributed by atoms with Gasteiger partial charge in [-0.1, -0.05) is 25.0 Å². The highest BCUT2D eigenvalue weighted by Gasteiger charge is 1.98. The van der Waals surface area contributed by atoms with E-state index in [0.29, 0.717) is 6.61 Å². The van der Waals surface area contributed by atoms with Crippen LogP contribution < -0.4 is 0 Å². The predicted octanol–water partition coefficient (Wildman–Crippen LogP) is 4.71. The number of allylic oxidation sites excluding steroid dienone is 2. The predicted molar refractivity (Wildman–Crippen MR) is 80.4 cm³/mol. The number of rotatable bonds is 9. The lowest BCUT2D eigenvalue weighted by molar-refractivity contribution is 0.283. The van der Waals surface area contributed by atoms with E-state index < -0.39 is 0 Å². The molecule has 0 rings (SSSR count). The van der Waals surface area contributed by atoms with E-state index in [1.54, 1.807) is 0 Å². The average Bonchev–Trinajstić information content (AvgIpc) is 2.32. The molecule has 1 atom stereocenters. The van der Waals surface area contributed by atoms with Crippen LogP contribution in [-0.2, 0) is 0 Å². The van der Waals surface area contributed by atoms with E-state index in [9.17, 15) is 0 Å². The van der Waals surface area contributed by atoms with Crippen molar-refractivity contribution in [2.45, 2.75) is 72.1 Å². The van der Waals surface area contributed by atoms with Gasteiger partial charge < -0.3 is 5.11 Å². The zero-order chi connectivity index (χ0) is 13.6. The van der Waals surface area contributed by atoms with Gasteiger partial charge in [0.2, 0.25) is 0 Å². The molecular formula is C17H30O. The molecule has 0 spiro atoms. The van der Waals surface area contributed by atoms with Crippen LogP contribution in [0.4, 0.5) is 0 Å². The number of hydrogen-bond donors (Lipinski definition) is 1. The minimum absolute atomic E-state index is 0.316. The van der Waals surface area contributed by atoms with Gasteiger partial charge in [0.1, 0.15) is 0 Å². The summed E-state index contributed by atoms with van der Waals surface area (Å²) in [5.74, 6) is 7.28. The van der Waals surface area contributed by atoms with Crippen molar-refractivity contribution in [2.75, 3.05) is 6.61 Å². The van der Waals surface area contributed by atoms with Crippen LogP contribution in [0, 0.1) is 17.8 Å². The molecule has 1 nitrogen and oxygen atoms in total. The lowest BCUT2D eigenvalue weighted by Crippen LogP contribution is -1.93. The summed E-state index contributed by atoms with van der Waals surface area (Å²) in [5, 5.41) is 8.63. The van der Waals surface area contributed by atoms with E-state index in [1.807, 2.05) is 0 Å². The van der Waals surface area contributed by atoms with Gasteiger partial charge in [-0.15, -0.1) is 11.8 Å². The molecule has 1 N–H and O–H groups in total. The van der Waals surface area contributed by atoms with Crippen molar-refractivity contribution < 1.29 is 5.11 Å². The molecule has 0 aliphatic carbocycles. The van der Waals surface area contributed by atoms with Crippen LogP contribution in [0.3, 0.4) is 0 Å². The molecule has 0 saturated carbocycles.